The highest BCUT2D eigenvalue weighted by atomic mass is 35.5. The highest BCUT2D eigenvalue weighted by molar-refractivity contribution is 6.35. The van der Waals surface area contributed by atoms with E-state index in [2.05, 4.69) is 5.32 Å². The van der Waals surface area contributed by atoms with Gasteiger partial charge < -0.3 is 15.0 Å². The van der Waals surface area contributed by atoms with Crippen molar-refractivity contribution in [2.24, 2.45) is 4.99 Å². The lowest BCUT2D eigenvalue weighted by molar-refractivity contribution is -0.127. The molecule has 0 saturated carbocycles. The van der Waals surface area contributed by atoms with Crippen LogP contribution in [0.1, 0.15) is 23.1 Å². The van der Waals surface area contributed by atoms with E-state index in [4.69, 9.17) is 32.9 Å². The van der Waals surface area contributed by atoms with Crippen LogP contribution in [-0.4, -0.2) is 37.8 Å². The van der Waals surface area contributed by atoms with Gasteiger partial charge in [0.1, 0.15) is 5.75 Å². The molecule has 1 atom stereocenters. The van der Waals surface area contributed by atoms with Crippen molar-refractivity contribution in [3.63, 3.8) is 0 Å². The minimum absolute atomic E-state index is 0.148. The van der Waals surface area contributed by atoms with E-state index in [1.807, 2.05) is 48.5 Å². The summed E-state index contributed by atoms with van der Waals surface area (Å²) in [6.45, 7) is 0. The van der Waals surface area contributed by atoms with Crippen LogP contribution < -0.4 is 15.0 Å². The van der Waals surface area contributed by atoms with E-state index >= 15 is 0 Å². The van der Waals surface area contributed by atoms with Crippen molar-refractivity contribution in [3.05, 3.63) is 93.5 Å². The predicted molar refractivity (Wildman–Crippen MR) is 135 cm³/mol. The molecule has 0 bridgehead atoms. The molecule has 2 amide bonds. The van der Waals surface area contributed by atoms with E-state index in [0.29, 0.717) is 33.6 Å². The zero-order valence-electron chi connectivity index (χ0n) is 18.7. The number of aliphatic imine (C=N–C) groups is 1. The van der Waals surface area contributed by atoms with Crippen LogP contribution in [0.5, 0.6) is 5.75 Å². The monoisotopic (exact) mass is 495 g/mol. The Bertz CT molecular complexity index is 1260. The molecule has 1 heterocycles. The first kappa shape index (κ1) is 23.8. The van der Waals surface area contributed by atoms with Gasteiger partial charge in [0.15, 0.2) is 0 Å². The first-order valence-electron chi connectivity index (χ1n) is 10.7. The normalized spacial score (nSPS) is 15.3. The van der Waals surface area contributed by atoms with Crippen molar-refractivity contribution in [1.82, 2.24) is 5.32 Å². The third-order valence-electron chi connectivity index (χ3n) is 5.64. The summed E-state index contributed by atoms with van der Waals surface area (Å²) in [5.74, 6) is 0.0838. The smallest absolute Gasteiger partial charge is 0.272 e. The van der Waals surface area contributed by atoms with Gasteiger partial charge in [-0.1, -0.05) is 47.5 Å². The summed E-state index contributed by atoms with van der Waals surface area (Å²) in [7, 11) is 3.28. The van der Waals surface area contributed by atoms with Crippen LogP contribution in [0.3, 0.4) is 0 Å². The second-order valence-electron chi connectivity index (χ2n) is 7.83. The molecule has 0 aromatic heterocycles. The molecule has 34 heavy (non-hydrogen) atoms. The van der Waals surface area contributed by atoms with Crippen LogP contribution in [0.25, 0.3) is 0 Å². The number of amides is 2. The Morgan fingerprint density at radius 2 is 1.82 bits per heavy atom. The van der Waals surface area contributed by atoms with E-state index in [0.717, 1.165) is 16.7 Å². The number of hydrogen-bond acceptors (Lipinski definition) is 4. The number of nitrogens with zero attached hydrogens (tertiary/aromatic N) is 2. The van der Waals surface area contributed by atoms with Gasteiger partial charge >= 0.3 is 0 Å². The molecule has 0 aliphatic carbocycles. The second-order valence-corrected chi connectivity index (χ2v) is 8.67. The molecule has 0 saturated heterocycles. The fourth-order valence-corrected chi connectivity index (χ4v) is 4.30. The lowest BCUT2D eigenvalue weighted by Gasteiger charge is -2.20. The number of ether oxygens (including phenoxy) is 1. The van der Waals surface area contributed by atoms with Gasteiger partial charge in [0.2, 0.25) is 12.1 Å². The number of carbonyl (C=O) groups is 2. The number of para-hydroxylation sites is 1. The number of anilines is 1. The maximum absolute atomic E-state index is 13.2. The van der Waals surface area contributed by atoms with Crippen molar-refractivity contribution in [1.29, 1.82) is 0 Å². The second kappa shape index (κ2) is 10.3. The van der Waals surface area contributed by atoms with Crippen molar-refractivity contribution < 1.29 is 14.3 Å². The molecule has 8 heteroatoms. The van der Waals surface area contributed by atoms with Gasteiger partial charge in [-0.25, -0.2) is 4.99 Å². The molecule has 174 valence electrons. The number of likely N-dealkylation sites (N-methyl/N-ethyl adjacent to an activating group) is 1. The average molecular weight is 496 g/mol. The number of aryl methyl sites for hydroxylation is 1. The standard InChI is InChI=1S/C26H23Cl2N3O3/c1-31-22-6-4-3-5-20(22)24(17-8-12-19(34-2)13-9-17)30-25(26(31)33)29-23(32)14-10-16-7-11-18(27)15-21(16)28/h3-9,11-13,15,25H,10,14H2,1-2H3,(H,29,32). The first-order valence-corrected chi connectivity index (χ1v) is 11.5. The summed E-state index contributed by atoms with van der Waals surface area (Å²) < 4.78 is 5.26. The minimum Gasteiger partial charge on any atom is -0.497 e. The summed E-state index contributed by atoms with van der Waals surface area (Å²) in [4.78, 5) is 32.3. The fraction of sp³-hybridized carbons (Fsp3) is 0.192. The quantitative estimate of drug-likeness (QED) is 0.528. The predicted octanol–water partition coefficient (Wildman–Crippen LogP) is 4.89. The lowest BCUT2D eigenvalue weighted by Crippen LogP contribution is -2.46. The number of rotatable bonds is 6. The molecule has 0 spiro atoms. The molecule has 3 aromatic rings. The van der Waals surface area contributed by atoms with E-state index in [-0.39, 0.29) is 18.2 Å². The average Bonchev–Trinajstić information content (AvgIpc) is 2.94. The topological polar surface area (TPSA) is 71.0 Å². The Kier molecular flexibility index (Phi) is 7.20. The highest BCUT2D eigenvalue weighted by Gasteiger charge is 2.30. The van der Waals surface area contributed by atoms with Crippen LogP contribution in [0, 0.1) is 0 Å². The van der Waals surface area contributed by atoms with E-state index < -0.39 is 6.17 Å². The number of methoxy groups -OCH3 is 1. The number of benzodiazepines with no additional fused rings is 1. The summed E-state index contributed by atoms with van der Waals surface area (Å²) in [6, 6.07) is 20.1. The molecule has 3 aromatic carbocycles. The van der Waals surface area contributed by atoms with Gasteiger partial charge in [-0.05, 0) is 54.4 Å². The van der Waals surface area contributed by atoms with E-state index in [1.54, 1.807) is 32.4 Å². The highest BCUT2D eigenvalue weighted by Crippen LogP contribution is 2.28. The summed E-state index contributed by atoms with van der Waals surface area (Å²) in [5.41, 5.74) is 3.74. The molecule has 1 aliphatic rings. The molecule has 1 aliphatic heterocycles. The maximum Gasteiger partial charge on any atom is 0.272 e. The van der Waals surface area contributed by atoms with Crippen molar-refractivity contribution >= 4 is 46.4 Å². The molecular weight excluding hydrogens is 473 g/mol. The van der Waals surface area contributed by atoms with Crippen molar-refractivity contribution in [2.75, 3.05) is 19.1 Å². The van der Waals surface area contributed by atoms with Gasteiger partial charge in [0, 0.05) is 34.6 Å². The van der Waals surface area contributed by atoms with Gasteiger partial charge in [-0.3, -0.25) is 9.59 Å². The van der Waals surface area contributed by atoms with Crippen LogP contribution in [-0.2, 0) is 16.0 Å². The molecular formula is C26H23Cl2N3O3. The van der Waals surface area contributed by atoms with Gasteiger partial charge in [0.25, 0.3) is 5.91 Å². The molecule has 1 N–H and O–H groups in total. The SMILES string of the molecule is COc1ccc(C2=NC(NC(=O)CCc3ccc(Cl)cc3Cl)C(=O)N(C)c3ccccc32)cc1. The Labute approximate surface area is 208 Å². The Morgan fingerprint density at radius 1 is 1.09 bits per heavy atom. The number of hydrogen-bond donors (Lipinski definition) is 1. The largest absolute Gasteiger partial charge is 0.497 e. The van der Waals surface area contributed by atoms with Crippen molar-refractivity contribution in [3.8, 4) is 5.75 Å². The fourth-order valence-electron chi connectivity index (χ4n) is 3.79. The number of benzene rings is 3. The number of halogens is 2. The van der Waals surface area contributed by atoms with Gasteiger partial charge in [0.05, 0.1) is 18.5 Å². The van der Waals surface area contributed by atoms with E-state index in [1.165, 1.54) is 4.90 Å². The minimum atomic E-state index is -1.07. The van der Waals surface area contributed by atoms with Gasteiger partial charge in [-0.15, -0.1) is 0 Å². The summed E-state index contributed by atoms with van der Waals surface area (Å²) >= 11 is 12.2. The Hall–Kier alpha value is -3.35. The molecule has 6 nitrogen and oxygen atoms in total. The van der Waals surface area contributed by atoms with Crippen LogP contribution >= 0.6 is 23.2 Å². The maximum atomic E-state index is 13.2. The van der Waals surface area contributed by atoms with Gasteiger partial charge in [-0.2, -0.15) is 0 Å². The molecule has 0 radical (unpaired) electrons. The zero-order chi connectivity index (χ0) is 24.2. The van der Waals surface area contributed by atoms with E-state index in [9.17, 15) is 9.59 Å². The summed E-state index contributed by atoms with van der Waals surface area (Å²) in [5, 5.41) is 3.82. The molecule has 4 rings (SSSR count). The third-order valence-corrected chi connectivity index (χ3v) is 6.23. The van der Waals surface area contributed by atoms with Crippen LogP contribution in [0.4, 0.5) is 5.69 Å². The third kappa shape index (κ3) is 5.08. The molecule has 0 fully saturated rings. The number of nitrogens with one attached hydrogen (secondary N) is 1. The number of fused-ring (bicyclic) bond motifs is 1. The summed E-state index contributed by atoms with van der Waals surface area (Å²) in [6.07, 6.45) is -0.508. The lowest BCUT2D eigenvalue weighted by atomic mass is 10.0. The van der Waals surface area contributed by atoms with Crippen LogP contribution in [0.2, 0.25) is 10.0 Å². The molecule has 1 unspecified atom stereocenters. The van der Waals surface area contributed by atoms with Crippen molar-refractivity contribution in [2.45, 2.75) is 19.0 Å². The zero-order valence-corrected chi connectivity index (χ0v) is 20.2. The Morgan fingerprint density at radius 3 is 2.53 bits per heavy atom. The first-order chi connectivity index (χ1) is 16.4. The van der Waals surface area contributed by atoms with Crippen LogP contribution in [0.15, 0.2) is 71.7 Å². The number of carbonyl (C=O) groups excluding carboxylic acids is 2. The Balaban J connectivity index is 1.61.